The van der Waals surface area contributed by atoms with E-state index in [2.05, 4.69) is 0 Å². The number of hydrogen-bond acceptors (Lipinski definition) is 10. The number of ether oxygens (including phenoxy) is 3. The van der Waals surface area contributed by atoms with Crippen molar-refractivity contribution >= 4 is 51.0 Å². The highest BCUT2D eigenvalue weighted by atomic mass is 32.2. The van der Waals surface area contributed by atoms with Gasteiger partial charge in [-0.15, -0.1) is 11.8 Å². The molecule has 1 rings (SSSR count). The van der Waals surface area contributed by atoms with Gasteiger partial charge >= 0.3 is 5.97 Å². The number of benzene rings is 1. The van der Waals surface area contributed by atoms with Crippen molar-refractivity contribution in [2.45, 2.75) is 38.0 Å². The standard InChI is InChI=1S/C21H30O7S3/c1-20(2,25)17(23)15-5-7-16(8-6-15)27-11-12-28-18(24)21(3,4)31-19(29)30-14-13-26-10-9-22/h5-8,22,25H,9-14H2,1-4H3. The van der Waals surface area contributed by atoms with Gasteiger partial charge in [0.05, 0.1) is 19.8 Å². The third-order valence-corrected chi connectivity index (χ3v) is 6.43. The Morgan fingerprint density at radius 1 is 1.03 bits per heavy atom. The van der Waals surface area contributed by atoms with Crippen LogP contribution in [0.2, 0.25) is 0 Å². The zero-order valence-electron chi connectivity index (χ0n) is 18.2. The van der Waals surface area contributed by atoms with E-state index in [1.54, 1.807) is 38.1 Å². The summed E-state index contributed by atoms with van der Waals surface area (Å²) in [7, 11) is 0. The van der Waals surface area contributed by atoms with Gasteiger partial charge in [0.2, 0.25) is 0 Å². The second-order valence-corrected chi connectivity index (χ2v) is 11.4. The minimum Gasteiger partial charge on any atom is -0.490 e. The second kappa shape index (κ2) is 13.4. The number of esters is 1. The van der Waals surface area contributed by atoms with Gasteiger partial charge in [-0.3, -0.25) is 9.59 Å². The molecule has 0 atom stereocenters. The summed E-state index contributed by atoms with van der Waals surface area (Å²) >= 11 is 7.97. The number of thiocarbonyl (C=S) groups is 1. The zero-order valence-corrected chi connectivity index (χ0v) is 20.7. The molecule has 0 saturated carbocycles. The lowest BCUT2D eigenvalue weighted by Crippen LogP contribution is -2.32. The molecule has 0 spiro atoms. The molecule has 0 aliphatic carbocycles. The molecule has 0 aliphatic rings. The normalized spacial score (nSPS) is 11.8. The number of rotatable bonds is 13. The maximum atomic E-state index is 12.4. The Morgan fingerprint density at radius 3 is 2.26 bits per heavy atom. The van der Waals surface area contributed by atoms with E-state index in [1.165, 1.54) is 37.4 Å². The Morgan fingerprint density at radius 2 is 1.68 bits per heavy atom. The topological polar surface area (TPSA) is 102 Å². The van der Waals surface area contributed by atoms with Crippen LogP contribution in [0.15, 0.2) is 24.3 Å². The molecule has 0 fully saturated rings. The van der Waals surface area contributed by atoms with Crippen LogP contribution in [0.1, 0.15) is 38.1 Å². The van der Waals surface area contributed by atoms with E-state index in [0.29, 0.717) is 33.8 Å². The Kier molecular flexibility index (Phi) is 12.0. The van der Waals surface area contributed by atoms with E-state index in [-0.39, 0.29) is 25.6 Å². The van der Waals surface area contributed by atoms with E-state index in [4.69, 9.17) is 31.5 Å². The predicted octanol–water partition coefficient (Wildman–Crippen LogP) is 3.10. The fourth-order valence-electron chi connectivity index (χ4n) is 2.15. The molecule has 31 heavy (non-hydrogen) atoms. The fraction of sp³-hybridized carbons (Fsp3) is 0.571. The highest BCUT2D eigenvalue weighted by Gasteiger charge is 2.32. The van der Waals surface area contributed by atoms with Crippen LogP contribution < -0.4 is 4.74 Å². The Balaban J connectivity index is 2.35. The Bertz CT molecular complexity index is 727. The summed E-state index contributed by atoms with van der Waals surface area (Å²) in [6, 6.07) is 6.41. The van der Waals surface area contributed by atoms with E-state index < -0.39 is 16.3 Å². The number of aliphatic hydroxyl groups is 2. The lowest BCUT2D eigenvalue weighted by atomic mass is 9.97. The van der Waals surface area contributed by atoms with E-state index in [9.17, 15) is 14.7 Å². The molecule has 0 radical (unpaired) electrons. The number of carbonyl (C=O) groups is 2. The van der Waals surface area contributed by atoms with Crippen LogP contribution in [0.3, 0.4) is 0 Å². The maximum absolute atomic E-state index is 12.4. The van der Waals surface area contributed by atoms with Crippen LogP contribution in [0, 0.1) is 0 Å². The summed E-state index contributed by atoms with van der Waals surface area (Å²) in [6.07, 6.45) is 0. The number of carbonyl (C=O) groups excluding carboxylic acids is 2. The fourth-order valence-corrected chi connectivity index (χ4v) is 5.07. The van der Waals surface area contributed by atoms with Gasteiger partial charge in [0.1, 0.15) is 32.8 Å². The van der Waals surface area contributed by atoms with Crippen molar-refractivity contribution in [1.29, 1.82) is 0 Å². The van der Waals surface area contributed by atoms with Gasteiger partial charge in [0.15, 0.2) is 5.78 Å². The summed E-state index contributed by atoms with van der Waals surface area (Å²) in [6.45, 7) is 7.35. The van der Waals surface area contributed by atoms with Gasteiger partial charge < -0.3 is 24.4 Å². The third-order valence-electron chi connectivity index (χ3n) is 3.77. The first-order valence-corrected chi connectivity index (χ1v) is 11.9. The van der Waals surface area contributed by atoms with Crippen LogP contribution in [0.4, 0.5) is 0 Å². The average Bonchev–Trinajstić information content (AvgIpc) is 2.69. The summed E-state index contributed by atoms with van der Waals surface area (Å²) < 4.78 is 15.8. The molecule has 0 saturated heterocycles. The molecule has 1 aromatic carbocycles. The van der Waals surface area contributed by atoms with Crippen molar-refractivity contribution in [3.63, 3.8) is 0 Å². The second-order valence-electron chi connectivity index (χ2n) is 7.44. The van der Waals surface area contributed by atoms with Crippen LogP contribution in [-0.2, 0) is 14.3 Å². The van der Waals surface area contributed by atoms with E-state index in [1.807, 2.05) is 0 Å². The monoisotopic (exact) mass is 490 g/mol. The van der Waals surface area contributed by atoms with Crippen molar-refractivity contribution in [3.05, 3.63) is 29.8 Å². The van der Waals surface area contributed by atoms with Gasteiger partial charge in [-0.2, -0.15) is 0 Å². The average molecular weight is 491 g/mol. The summed E-state index contributed by atoms with van der Waals surface area (Å²) in [5.74, 6) is 0.400. The molecule has 2 N–H and O–H groups in total. The van der Waals surface area contributed by atoms with Gasteiger partial charge in [-0.05, 0) is 52.0 Å². The number of ketones is 1. The van der Waals surface area contributed by atoms with Gasteiger partial charge in [-0.1, -0.05) is 24.0 Å². The first-order valence-electron chi connectivity index (χ1n) is 9.69. The molecular formula is C21H30O7S3. The molecule has 10 heteroatoms. The van der Waals surface area contributed by atoms with Crippen molar-refractivity contribution < 1.29 is 34.0 Å². The van der Waals surface area contributed by atoms with E-state index >= 15 is 0 Å². The number of Topliss-reactive ketones (excluding diaryl/α,β-unsaturated/α-hetero) is 1. The molecule has 0 aromatic heterocycles. The number of aliphatic hydroxyl groups excluding tert-OH is 1. The van der Waals surface area contributed by atoms with Crippen LogP contribution in [0.25, 0.3) is 0 Å². The largest absolute Gasteiger partial charge is 0.490 e. The molecule has 7 nitrogen and oxygen atoms in total. The van der Waals surface area contributed by atoms with Crippen LogP contribution in [-0.4, -0.2) is 74.6 Å². The molecule has 0 aliphatic heterocycles. The predicted molar refractivity (Wildman–Crippen MR) is 128 cm³/mol. The van der Waals surface area contributed by atoms with Gasteiger partial charge in [-0.25, -0.2) is 0 Å². The highest BCUT2D eigenvalue weighted by Crippen LogP contribution is 2.32. The van der Waals surface area contributed by atoms with Crippen molar-refractivity contribution in [1.82, 2.24) is 0 Å². The highest BCUT2D eigenvalue weighted by molar-refractivity contribution is 8.47. The molecule has 174 valence electrons. The number of hydrogen-bond donors (Lipinski definition) is 2. The van der Waals surface area contributed by atoms with Crippen molar-refractivity contribution in [2.75, 3.05) is 38.8 Å². The third kappa shape index (κ3) is 10.8. The summed E-state index contributed by atoms with van der Waals surface area (Å²) in [5.41, 5.74) is -1.05. The maximum Gasteiger partial charge on any atom is 0.322 e. The van der Waals surface area contributed by atoms with Crippen molar-refractivity contribution in [2.24, 2.45) is 0 Å². The van der Waals surface area contributed by atoms with E-state index in [0.717, 1.165) is 0 Å². The molecular weight excluding hydrogens is 460 g/mol. The number of thioether (sulfide) groups is 2. The lowest BCUT2D eigenvalue weighted by Gasteiger charge is -2.22. The SMILES string of the molecule is CC(C)(O)C(=O)c1ccc(OCCOC(=O)C(C)(C)SC(=S)SCCOCCO)cc1. The van der Waals surface area contributed by atoms with Gasteiger partial charge in [0.25, 0.3) is 0 Å². The van der Waals surface area contributed by atoms with Crippen LogP contribution in [0.5, 0.6) is 5.75 Å². The molecule has 0 unspecified atom stereocenters. The minimum absolute atomic E-state index is 0.0144. The molecule has 0 bridgehead atoms. The van der Waals surface area contributed by atoms with Crippen LogP contribution >= 0.6 is 35.7 Å². The Labute approximate surface area is 197 Å². The Hall–Kier alpha value is -1.17. The quantitative estimate of drug-likeness (QED) is 0.186. The summed E-state index contributed by atoms with van der Waals surface area (Å²) in [5, 5.41) is 18.4. The smallest absolute Gasteiger partial charge is 0.322 e. The van der Waals surface area contributed by atoms with Gasteiger partial charge in [0, 0.05) is 11.3 Å². The lowest BCUT2D eigenvalue weighted by molar-refractivity contribution is -0.146. The molecule has 1 aromatic rings. The van der Waals surface area contributed by atoms with Crippen molar-refractivity contribution in [3.8, 4) is 5.75 Å². The minimum atomic E-state index is -1.43. The zero-order chi connectivity index (χ0) is 23.5. The first kappa shape index (κ1) is 27.9. The molecule has 0 heterocycles. The summed E-state index contributed by atoms with van der Waals surface area (Å²) in [4.78, 5) is 24.4. The molecule has 0 amide bonds. The first-order chi connectivity index (χ1) is 14.5.